The van der Waals surface area contributed by atoms with Crippen molar-refractivity contribution < 1.29 is 9.18 Å². The standard InChI is InChI=1S/C17H13FN2O2/c1-10-8-12-4-7-14(19)9-15(12)20(16(10)21)17(22)11-2-5-13(18)6-3-11/h2-9H,19H2,1H3. The highest BCUT2D eigenvalue weighted by Crippen LogP contribution is 2.18. The summed E-state index contributed by atoms with van der Waals surface area (Å²) >= 11 is 0. The van der Waals surface area contributed by atoms with Crippen molar-refractivity contribution >= 4 is 22.5 Å². The van der Waals surface area contributed by atoms with E-state index in [0.29, 0.717) is 16.8 Å². The number of carbonyl (C=O) groups is 1. The molecule has 1 aromatic heterocycles. The van der Waals surface area contributed by atoms with Gasteiger partial charge in [-0.2, -0.15) is 0 Å². The molecule has 5 heteroatoms. The van der Waals surface area contributed by atoms with Gasteiger partial charge in [-0.05, 0) is 54.8 Å². The van der Waals surface area contributed by atoms with Crippen molar-refractivity contribution in [1.29, 1.82) is 0 Å². The molecular weight excluding hydrogens is 283 g/mol. The highest BCUT2D eigenvalue weighted by Gasteiger charge is 2.15. The van der Waals surface area contributed by atoms with Gasteiger partial charge in [-0.25, -0.2) is 8.96 Å². The quantitative estimate of drug-likeness (QED) is 0.702. The second-order valence-corrected chi connectivity index (χ2v) is 5.10. The number of aromatic nitrogens is 1. The van der Waals surface area contributed by atoms with Crippen molar-refractivity contribution in [3.63, 3.8) is 0 Å². The maximum absolute atomic E-state index is 13.0. The number of aryl methyl sites for hydroxylation is 1. The third kappa shape index (κ3) is 2.26. The molecule has 3 rings (SSSR count). The number of pyridine rings is 1. The minimum atomic E-state index is -0.510. The molecule has 0 bridgehead atoms. The molecule has 3 aromatic rings. The zero-order chi connectivity index (χ0) is 15.9. The topological polar surface area (TPSA) is 65.1 Å². The number of nitrogen functional groups attached to an aromatic ring is 1. The molecule has 0 spiro atoms. The maximum Gasteiger partial charge on any atom is 0.265 e. The molecule has 0 atom stereocenters. The lowest BCUT2D eigenvalue weighted by Crippen LogP contribution is -2.29. The van der Waals surface area contributed by atoms with Crippen molar-refractivity contribution in [3.05, 3.63) is 75.8 Å². The summed E-state index contributed by atoms with van der Waals surface area (Å²) < 4.78 is 14.1. The van der Waals surface area contributed by atoms with Crippen LogP contribution in [0, 0.1) is 12.7 Å². The Balaban J connectivity index is 2.31. The molecule has 2 aromatic carbocycles. The number of halogens is 1. The van der Waals surface area contributed by atoms with Crippen LogP contribution < -0.4 is 11.3 Å². The van der Waals surface area contributed by atoms with E-state index in [-0.39, 0.29) is 5.56 Å². The number of rotatable bonds is 1. The second-order valence-electron chi connectivity index (χ2n) is 5.10. The fraction of sp³-hybridized carbons (Fsp3) is 0.0588. The van der Waals surface area contributed by atoms with Gasteiger partial charge in [-0.15, -0.1) is 0 Å². The first-order valence-electron chi connectivity index (χ1n) is 6.69. The molecule has 0 aliphatic carbocycles. The number of nitrogens with two attached hydrogens (primary N) is 1. The summed E-state index contributed by atoms with van der Waals surface area (Å²) in [7, 11) is 0. The van der Waals surface area contributed by atoms with Crippen molar-refractivity contribution in [3.8, 4) is 0 Å². The number of anilines is 1. The first-order chi connectivity index (χ1) is 10.5. The molecule has 0 unspecified atom stereocenters. The Morgan fingerprint density at radius 2 is 1.77 bits per heavy atom. The average Bonchev–Trinajstić information content (AvgIpc) is 2.49. The van der Waals surface area contributed by atoms with E-state index in [9.17, 15) is 14.0 Å². The Bertz CT molecular complexity index is 943. The number of benzene rings is 2. The summed E-state index contributed by atoms with van der Waals surface area (Å²) in [6.45, 7) is 1.65. The van der Waals surface area contributed by atoms with E-state index in [1.807, 2.05) is 0 Å². The lowest BCUT2D eigenvalue weighted by molar-refractivity contribution is 0.0961. The van der Waals surface area contributed by atoms with Crippen molar-refractivity contribution in [2.45, 2.75) is 6.92 Å². The highest BCUT2D eigenvalue weighted by molar-refractivity contribution is 6.02. The lowest BCUT2D eigenvalue weighted by Gasteiger charge is -2.11. The van der Waals surface area contributed by atoms with Crippen LogP contribution in [-0.2, 0) is 0 Å². The molecule has 2 N–H and O–H groups in total. The van der Waals surface area contributed by atoms with Gasteiger partial charge < -0.3 is 5.73 Å². The van der Waals surface area contributed by atoms with Crippen molar-refractivity contribution in [2.24, 2.45) is 0 Å². The summed E-state index contributed by atoms with van der Waals surface area (Å²) in [5.41, 5.74) is 6.93. The molecule has 0 saturated carbocycles. The molecule has 0 aliphatic rings. The van der Waals surface area contributed by atoms with Gasteiger partial charge in [0, 0.05) is 16.8 Å². The average molecular weight is 296 g/mol. The number of hydrogen-bond donors (Lipinski definition) is 1. The van der Waals surface area contributed by atoms with Gasteiger partial charge in [0.2, 0.25) is 0 Å². The molecular formula is C17H13FN2O2. The summed E-state index contributed by atoms with van der Waals surface area (Å²) in [5, 5.41) is 0.738. The van der Waals surface area contributed by atoms with Gasteiger partial charge in [0.05, 0.1) is 5.52 Å². The smallest absolute Gasteiger partial charge is 0.265 e. The molecule has 1 heterocycles. The molecule has 4 nitrogen and oxygen atoms in total. The van der Waals surface area contributed by atoms with E-state index in [4.69, 9.17) is 5.73 Å². The Morgan fingerprint density at radius 1 is 1.09 bits per heavy atom. The van der Waals surface area contributed by atoms with Crippen LogP contribution in [0.4, 0.5) is 10.1 Å². The predicted molar refractivity (Wildman–Crippen MR) is 83.5 cm³/mol. The van der Waals surface area contributed by atoms with E-state index in [1.165, 1.54) is 24.3 Å². The third-order valence-corrected chi connectivity index (χ3v) is 3.50. The van der Waals surface area contributed by atoms with Gasteiger partial charge in [0.1, 0.15) is 5.82 Å². The van der Waals surface area contributed by atoms with Gasteiger partial charge in [-0.1, -0.05) is 6.07 Å². The van der Waals surface area contributed by atoms with Crippen LogP contribution in [0.3, 0.4) is 0 Å². The van der Waals surface area contributed by atoms with Gasteiger partial charge >= 0.3 is 0 Å². The number of carbonyl (C=O) groups excluding carboxylic acids is 1. The maximum atomic E-state index is 13.0. The SMILES string of the molecule is Cc1cc2ccc(N)cc2n(C(=O)c2ccc(F)cc2)c1=O. The largest absolute Gasteiger partial charge is 0.399 e. The zero-order valence-corrected chi connectivity index (χ0v) is 11.8. The van der Waals surface area contributed by atoms with Crippen LogP contribution in [0.25, 0.3) is 10.9 Å². The Labute approximate surface area is 125 Å². The summed E-state index contributed by atoms with van der Waals surface area (Å²) in [6, 6.07) is 11.8. The predicted octanol–water partition coefficient (Wildman–Crippen LogP) is 2.72. The molecule has 0 aliphatic heterocycles. The zero-order valence-electron chi connectivity index (χ0n) is 11.8. The number of nitrogens with zero attached hydrogens (tertiary/aromatic N) is 1. The first-order valence-corrected chi connectivity index (χ1v) is 6.69. The van der Waals surface area contributed by atoms with Crippen LogP contribution in [0.1, 0.15) is 15.9 Å². The molecule has 0 amide bonds. The monoisotopic (exact) mass is 296 g/mol. The number of hydrogen-bond acceptors (Lipinski definition) is 3. The van der Waals surface area contributed by atoms with Crippen LogP contribution in [0.2, 0.25) is 0 Å². The fourth-order valence-electron chi connectivity index (χ4n) is 2.38. The van der Waals surface area contributed by atoms with E-state index in [2.05, 4.69) is 0 Å². The van der Waals surface area contributed by atoms with Gasteiger partial charge in [0.25, 0.3) is 11.5 Å². The van der Waals surface area contributed by atoms with E-state index < -0.39 is 17.3 Å². The van der Waals surface area contributed by atoms with E-state index >= 15 is 0 Å². The minimum absolute atomic E-state index is 0.234. The van der Waals surface area contributed by atoms with Crippen LogP contribution in [-0.4, -0.2) is 10.5 Å². The normalized spacial score (nSPS) is 10.8. The van der Waals surface area contributed by atoms with Crippen LogP contribution >= 0.6 is 0 Å². The second kappa shape index (κ2) is 5.11. The Kier molecular flexibility index (Phi) is 3.25. The fourth-order valence-corrected chi connectivity index (χ4v) is 2.38. The molecule has 0 radical (unpaired) electrons. The summed E-state index contributed by atoms with van der Waals surface area (Å²) in [5.74, 6) is -0.952. The molecule has 22 heavy (non-hydrogen) atoms. The molecule has 0 fully saturated rings. The molecule has 0 saturated heterocycles. The first kappa shape index (κ1) is 14.0. The summed E-state index contributed by atoms with van der Waals surface area (Å²) in [4.78, 5) is 25.1. The highest BCUT2D eigenvalue weighted by atomic mass is 19.1. The Morgan fingerprint density at radius 3 is 2.45 bits per heavy atom. The minimum Gasteiger partial charge on any atom is -0.399 e. The van der Waals surface area contributed by atoms with Crippen LogP contribution in [0.5, 0.6) is 0 Å². The molecule has 110 valence electrons. The van der Waals surface area contributed by atoms with Crippen molar-refractivity contribution in [2.75, 3.05) is 5.73 Å². The number of fused-ring (bicyclic) bond motifs is 1. The third-order valence-electron chi connectivity index (χ3n) is 3.50. The van der Waals surface area contributed by atoms with Gasteiger partial charge in [-0.3, -0.25) is 9.59 Å². The Hall–Kier alpha value is -2.95. The van der Waals surface area contributed by atoms with E-state index in [1.54, 1.807) is 31.2 Å². The van der Waals surface area contributed by atoms with Gasteiger partial charge in [0.15, 0.2) is 0 Å². The van der Waals surface area contributed by atoms with Crippen LogP contribution in [0.15, 0.2) is 53.3 Å². The van der Waals surface area contributed by atoms with Crippen molar-refractivity contribution in [1.82, 2.24) is 4.57 Å². The lowest BCUT2D eigenvalue weighted by atomic mass is 10.1. The summed E-state index contributed by atoms with van der Waals surface area (Å²) in [6.07, 6.45) is 0. The van der Waals surface area contributed by atoms with E-state index in [0.717, 1.165) is 9.95 Å².